The molecular weight excluding hydrogens is 348 g/mol. The minimum atomic E-state index is -2.44. The van der Waals surface area contributed by atoms with E-state index < -0.39 is 36.0 Å². The zero-order valence-electron chi connectivity index (χ0n) is 15.1. The minimum absolute atomic E-state index is 0.145. The molecule has 2 unspecified atom stereocenters. The highest BCUT2D eigenvalue weighted by Gasteiger charge is 2.49. The first kappa shape index (κ1) is 20.9. The predicted octanol–water partition coefficient (Wildman–Crippen LogP) is 0.709. The quantitative estimate of drug-likeness (QED) is 0.567. The first-order valence-electron chi connectivity index (χ1n) is 8.59. The van der Waals surface area contributed by atoms with Crippen LogP contribution in [-0.4, -0.2) is 58.4 Å². The van der Waals surface area contributed by atoms with E-state index in [1.807, 2.05) is 0 Å². The molecule has 144 valence electrons. The summed E-state index contributed by atoms with van der Waals surface area (Å²) in [6.07, 6.45) is -4.25. The van der Waals surface area contributed by atoms with Gasteiger partial charge in [0.1, 0.15) is 12.2 Å². The number of ketones is 2. The Morgan fingerprint density at radius 1 is 0.852 bits per heavy atom. The molecule has 0 saturated carbocycles. The average molecular weight is 372 g/mol. The number of carbonyl (C=O) groups excluding carboxylic acids is 2. The Hall–Kier alpha value is -2.38. The van der Waals surface area contributed by atoms with Crippen LogP contribution >= 0.6 is 0 Å². The Morgan fingerprint density at radius 3 is 1.56 bits per heavy atom. The number of aliphatic hydroxyl groups is 3. The van der Waals surface area contributed by atoms with Crippen molar-refractivity contribution in [2.24, 2.45) is 0 Å². The van der Waals surface area contributed by atoms with Crippen LogP contribution in [0.15, 0.2) is 60.7 Å². The first-order valence-corrected chi connectivity index (χ1v) is 8.59. The van der Waals surface area contributed by atoms with Crippen molar-refractivity contribution in [3.05, 3.63) is 71.8 Å². The van der Waals surface area contributed by atoms with Crippen LogP contribution in [-0.2, 0) is 27.2 Å². The van der Waals surface area contributed by atoms with E-state index >= 15 is 0 Å². The molecule has 0 radical (unpaired) electrons. The van der Waals surface area contributed by atoms with E-state index in [2.05, 4.69) is 0 Å². The summed E-state index contributed by atoms with van der Waals surface area (Å²) < 4.78 is 4.88. The standard InChI is InChI=1S/C21H24O6/c1-27-14-21(26,19(24)17(22)12-15-8-4-2-5-9-15)20(25)18(23)13-16-10-6-3-7-11-16/h2-11,19-20,24-26H,12-14H2,1H3. The summed E-state index contributed by atoms with van der Waals surface area (Å²) in [5.41, 5.74) is -1.15. The third-order valence-corrected chi connectivity index (χ3v) is 4.37. The maximum absolute atomic E-state index is 12.4. The van der Waals surface area contributed by atoms with Crippen molar-refractivity contribution < 1.29 is 29.6 Å². The lowest BCUT2D eigenvalue weighted by atomic mass is 9.83. The molecule has 0 bridgehead atoms. The van der Waals surface area contributed by atoms with Crippen LogP contribution in [0.3, 0.4) is 0 Å². The molecule has 2 aromatic carbocycles. The van der Waals surface area contributed by atoms with Gasteiger partial charge in [-0.2, -0.15) is 0 Å². The Morgan fingerprint density at radius 2 is 1.22 bits per heavy atom. The van der Waals surface area contributed by atoms with Crippen LogP contribution in [0.25, 0.3) is 0 Å². The topological polar surface area (TPSA) is 104 Å². The molecule has 0 amide bonds. The molecule has 0 fully saturated rings. The second-order valence-electron chi connectivity index (χ2n) is 6.49. The highest BCUT2D eigenvalue weighted by atomic mass is 16.5. The van der Waals surface area contributed by atoms with Crippen molar-refractivity contribution in [2.75, 3.05) is 13.7 Å². The maximum Gasteiger partial charge on any atom is 0.168 e. The molecule has 27 heavy (non-hydrogen) atoms. The third kappa shape index (κ3) is 5.30. The van der Waals surface area contributed by atoms with E-state index in [-0.39, 0.29) is 12.8 Å². The second kappa shape index (κ2) is 9.53. The molecule has 0 aliphatic heterocycles. The summed E-state index contributed by atoms with van der Waals surface area (Å²) >= 11 is 0. The Bertz CT molecular complexity index is 684. The van der Waals surface area contributed by atoms with Gasteiger partial charge in [0.05, 0.1) is 6.61 Å². The number of hydrogen-bond donors (Lipinski definition) is 3. The second-order valence-corrected chi connectivity index (χ2v) is 6.49. The van der Waals surface area contributed by atoms with Gasteiger partial charge >= 0.3 is 0 Å². The number of ether oxygens (including phenoxy) is 1. The normalized spacial score (nSPS) is 15.6. The van der Waals surface area contributed by atoms with Gasteiger partial charge in [0.2, 0.25) is 0 Å². The van der Waals surface area contributed by atoms with Crippen molar-refractivity contribution in [1.82, 2.24) is 0 Å². The fourth-order valence-electron chi connectivity index (χ4n) is 2.88. The molecule has 0 spiro atoms. The van der Waals surface area contributed by atoms with Crippen molar-refractivity contribution >= 4 is 11.6 Å². The van der Waals surface area contributed by atoms with Gasteiger partial charge in [0.25, 0.3) is 0 Å². The summed E-state index contributed by atoms with van der Waals surface area (Å²) in [7, 11) is 1.24. The molecule has 0 aliphatic carbocycles. The predicted molar refractivity (Wildman–Crippen MR) is 99.1 cm³/mol. The minimum Gasteiger partial charge on any atom is -0.382 e. The monoisotopic (exact) mass is 372 g/mol. The third-order valence-electron chi connectivity index (χ3n) is 4.37. The van der Waals surface area contributed by atoms with Gasteiger partial charge in [-0.15, -0.1) is 0 Å². The van der Waals surface area contributed by atoms with Crippen molar-refractivity contribution in [2.45, 2.75) is 30.7 Å². The number of benzene rings is 2. The molecule has 0 heterocycles. The zero-order chi connectivity index (χ0) is 19.9. The molecule has 0 saturated heterocycles. The van der Waals surface area contributed by atoms with Crippen LogP contribution in [0.5, 0.6) is 0 Å². The lowest BCUT2D eigenvalue weighted by Gasteiger charge is -2.35. The molecule has 2 rings (SSSR count). The average Bonchev–Trinajstić information content (AvgIpc) is 2.68. The summed E-state index contributed by atoms with van der Waals surface area (Å²) in [4.78, 5) is 24.9. The largest absolute Gasteiger partial charge is 0.382 e. The van der Waals surface area contributed by atoms with Crippen molar-refractivity contribution in [3.8, 4) is 0 Å². The summed E-state index contributed by atoms with van der Waals surface area (Å²) in [5.74, 6) is -1.43. The van der Waals surface area contributed by atoms with Gasteiger partial charge in [-0.3, -0.25) is 9.59 Å². The lowest BCUT2D eigenvalue weighted by molar-refractivity contribution is -0.184. The number of rotatable bonds is 10. The number of Topliss-reactive ketones (excluding diaryl/α,β-unsaturated/α-hetero) is 2. The number of hydrogen-bond acceptors (Lipinski definition) is 6. The fourth-order valence-corrected chi connectivity index (χ4v) is 2.88. The van der Waals surface area contributed by atoms with Crippen LogP contribution in [0, 0.1) is 0 Å². The number of carbonyl (C=O) groups is 2. The molecule has 2 atom stereocenters. The maximum atomic E-state index is 12.4. The van der Waals surface area contributed by atoms with Gasteiger partial charge in [-0.1, -0.05) is 60.7 Å². The van der Waals surface area contributed by atoms with E-state index in [4.69, 9.17) is 4.74 Å². The van der Waals surface area contributed by atoms with E-state index in [0.717, 1.165) is 0 Å². The van der Waals surface area contributed by atoms with Gasteiger partial charge < -0.3 is 20.1 Å². The Balaban J connectivity index is 2.15. The van der Waals surface area contributed by atoms with Crippen molar-refractivity contribution in [1.29, 1.82) is 0 Å². The molecule has 3 N–H and O–H groups in total. The van der Waals surface area contributed by atoms with Gasteiger partial charge in [-0.05, 0) is 11.1 Å². The molecular formula is C21H24O6. The van der Waals surface area contributed by atoms with Gasteiger partial charge in [0, 0.05) is 20.0 Å². The van der Waals surface area contributed by atoms with Crippen LogP contribution in [0.1, 0.15) is 11.1 Å². The van der Waals surface area contributed by atoms with Gasteiger partial charge in [-0.25, -0.2) is 0 Å². The van der Waals surface area contributed by atoms with E-state index in [9.17, 15) is 24.9 Å². The Kier molecular flexibility index (Phi) is 7.38. The number of methoxy groups -OCH3 is 1. The number of aliphatic hydroxyl groups excluding tert-OH is 2. The molecule has 6 heteroatoms. The van der Waals surface area contributed by atoms with Crippen LogP contribution < -0.4 is 0 Å². The summed E-state index contributed by atoms with van der Waals surface area (Å²) in [6, 6.07) is 17.4. The highest BCUT2D eigenvalue weighted by Crippen LogP contribution is 2.21. The molecule has 0 aliphatic rings. The van der Waals surface area contributed by atoms with Crippen molar-refractivity contribution in [3.63, 3.8) is 0 Å². The lowest BCUT2D eigenvalue weighted by Crippen LogP contribution is -2.61. The van der Waals surface area contributed by atoms with E-state index in [1.165, 1.54) is 7.11 Å². The van der Waals surface area contributed by atoms with E-state index in [0.29, 0.717) is 11.1 Å². The molecule has 2 aromatic rings. The SMILES string of the molecule is COCC(O)(C(O)C(=O)Cc1ccccc1)C(O)C(=O)Cc1ccccc1. The molecule has 0 aromatic heterocycles. The summed E-state index contributed by atoms with van der Waals surface area (Å²) in [6.45, 7) is -0.573. The first-order chi connectivity index (χ1) is 12.9. The zero-order valence-corrected chi connectivity index (χ0v) is 15.1. The smallest absolute Gasteiger partial charge is 0.168 e. The van der Waals surface area contributed by atoms with Crippen LogP contribution in [0.2, 0.25) is 0 Å². The fraction of sp³-hybridized carbons (Fsp3) is 0.333. The summed E-state index contributed by atoms with van der Waals surface area (Å²) in [5, 5.41) is 31.6. The van der Waals surface area contributed by atoms with E-state index in [1.54, 1.807) is 60.7 Å². The Labute approximate surface area is 158 Å². The van der Waals surface area contributed by atoms with Crippen LogP contribution in [0.4, 0.5) is 0 Å². The molecule has 6 nitrogen and oxygen atoms in total. The van der Waals surface area contributed by atoms with Gasteiger partial charge in [0.15, 0.2) is 17.2 Å². The highest BCUT2D eigenvalue weighted by molar-refractivity contribution is 5.90.